The molecule has 1 aromatic rings. The molecular formula is C14H21NO3S. The first-order valence-electron chi connectivity index (χ1n) is 6.33. The Morgan fingerprint density at radius 1 is 1.37 bits per heavy atom. The van der Waals surface area contributed by atoms with Crippen molar-refractivity contribution in [3.8, 4) is 5.75 Å². The first-order valence-corrected chi connectivity index (χ1v) is 7.62. The number of hydrogen-bond donors (Lipinski definition) is 2. The summed E-state index contributed by atoms with van der Waals surface area (Å²) < 4.78 is 5.51. The van der Waals surface area contributed by atoms with E-state index in [9.17, 15) is 4.79 Å². The molecule has 4 nitrogen and oxygen atoms in total. The molecule has 0 aliphatic carbocycles. The number of thioether (sulfide) groups is 1. The Morgan fingerprint density at radius 3 is 2.63 bits per heavy atom. The molecule has 0 bridgehead atoms. The maximum atomic E-state index is 10.7. The molecular weight excluding hydrogens is 262 g/mol. The van der Waals surface area contributed by atoms with Crippen molar-refractivity contribution in [1.82, 2.24) is 5.32 Å². The molecule has 0 saturated heterocycles. The second kappa shape index (κ2) is 8.82. The van der Waals surface area contributed by atoms with Gasteiger partial charge in [0, 0.05) is 11.8 Å². The van der Waals surface area contributed by atoms with Crippen LogP contribution >= 0.6 is 11.8 Å². The van der Waals surface area contributed by atoms with E-state index in [-0.39, 0.29) is 5.56 Å². The van der Waals surface area contributed by atoms with E-state index >= 15 is 0 Å². The van der Waals surface area contributed by atoms with E-state index in [4.69, 9.17) is 9.84 Å². The van der Waals surface area contributed by atoms with E-state index in [1.807, 2.05) is 11.8 Å². The molecule has 0 radical (unpaired) electrons. The van der Waals surface area contributed by atoms with Gasteiger partial charge in [-0.25, -0.2) is 4.79 Å². The van der Waals surface area contributed by atoms with E-state index in [1.54, 1.807) is 24.3 Å². The summed E-state index contributed by atoms with van der Waals surface area (Å²) in [6, 6.07) is 6.45. The largest absolute Gasteiger partial charge is 0.492 e. The van der Waals surface area contributed by atoms with Crippen LogP contribution in [0.5, 0.6) is 5.75 Å². The van der Waals surface area contributed by atoms with Gasteiger partial charge in [0.15, 0.2) is 0 Å². The van der Waals surface area contributed by atoms with Gasteiger partial charge in [-0.2, -0.15) is 11.8 Å². The topological polar surface area (TPSA) is 58.6 Å². The van der Waals surface area contributed by atoms with E-state index in [1.165, 1.54) is 0 Å². The van der Waals surface area contributed by atoms with Gasteiger partial charge in [0.2, 0.25) is 0 Å². The zero-order valence-electron chi connectivity index (χ0n) is 11.4. The Bertz CT molecular complexity index is 381. The molecule has 0 amide bonds. The van der Waals surface area contributed by atoms with E-state index in [0.29, 0.717) is 17.6 Å². The van der Waals surface area contributed by atoms with Crippen molar-refractivity contribution in [2.75, 3.05) is 26.0 Å². The number of ether oxygens (including phenoxy) is 1. The Balaban J connectivity index is 2.14. The van der Waals surface area contributed by atoms with E-state index in [0.717, 1.165) is 19.5 Å². The van der Waals surface area contributed by atoms with Crippen LogP contribution in [0.1, 0.15) is 23.7 Å². The molecule has 0 aromatic heterocycles. The summed E-state index contributed by atoms with van der Waals surface area (Å²) in [6.07, 6.45) is 3.27. The molecule has 0 heterocycles. The van der Waals surface area contributed by atoms with Gasteiger partial charge in [-0.15, -0.1) is 0 Å². The van der Waals surface area contributed by atoms with Crippen LogP contribution in [-0.2, 0) is 0 Å². The van der Waals surface area contributed by atoms with Gasteiger partial charge in [0.1, 0.15) is 12.4 Å². The molecule has 0 fully saturated rings. The molecule has 1 aromatic carbocycles. The lowest BCUT2D eigenvalue weighted by Crippen LogP contribution is -2.23. The van der Waals surface area contributed by atoms with Gasteiger partial charge in [-0.05, 0) is 43.5 Å². The van der Waals surface area contributed by atoms with Crippen molar-refractivity contribution < 1.29 is 14.6 Å². The number of carboxylic acid groups (broad SMARTS) is 1. The normalized spacial score (nSPS) is 12.1. The highest BCUT2D eigenvalue weighted by atomic mass is 32.2. The van der Waals surface area contributed by atoms with Crippen LogP contribution in [0, 0.1) is 0 Å². The van der Waals surface area contributed by atoms with Crippen molar-refractivity contribution in [1.29, 1.82) is 0 Å². The fourth-order valence-corrected chi connectivity index (χ4v) is 1.84. The minimum Gasteiger partial charge on any atom is -0.492 e. The first kappa shape index (κ1) is 15.9. The van der Waals surface area contributed by atoms with Crippen LogP contribution in [0.25, 0.3) is 0 Å². The average Bonchev–Trinajstić information content (AvgIpc) is 2.42. The van der Waals surface area contributed by atoms with Crippen LogP contribution in [0.2, 0.25) is 0 Å². The van der Waals surface area contributed by atoms with Gasteiger partial charge >= 0.3 is 5.97 Å². The van der Waals surface area contributed by atoms with Gasteiger partial charge in [0.25, 0.3) is 0 Å². The summed E-state index contributed by atoms with van der Waals surface area (Å²) in [7, 11) is 0. The molecule has 1 unspecified atom stereocenters. The van der Waals surface area contributed by atoms with Crippen molar-refractivity contribution in [2.45, 2.75) is 18.6 Å². The smallest absolute Gasteiger partial charge is 0.335 e. The molecule has 0 aliphatic rings. The average molecular weight is 283 g/mol. The van der Waals surface area contributed by atoms with Crippen LogP contribution < -0.4 is 10.1 Å². The molecule has 5 heteroatoms. The molecule has 0 spiro atoms. The first-order chi connectivity index (χ1) is 9.13. The molecule has 0 aliphatic heterocycles. The molecule has 1 atom stereocenters. The standard InChI is InChI=1S/C14H21NO3S/c1-11(19-2)7-8-15-9-10-18-13-5-3-12(4-6-13)14(16)17/h3-6,11,15H,7-10H2,1-2H3,(H,16,17). The second-order valence-electron chi connectivity index (χ2n) is 4.26. The molecule has 2 N–H and O–H groups in total. The lowest BCUT2D eigenvalue weighted by atomic mass is 10.2. The predicted molar refractivity (Wildman–Crippen MR) is 79.4 cm³/mol. The fourth-order valence-electron chi connectivity index (χ4n) is 1.48. The second-order valence-corrected chi connectivity index (χ2v) is 5.54. The third-order valence-electron chi connectivity index (χ3n) is 2.78. The fraction of sp³-hybridized carbons (Fsp3) is 0.500. The van der Waals surface area contributed by atoms with Gasteiger partial charge in [0.05, 0.1) is 5.56 Å². The minimum atomic E-state index is -0.920. The van der Waals surface area contributed by atoms with Crippen molar-refractivity contribution in [3.05, 3.63) is 29.8 Å². The van der Waals surface area contributed by atoms with E-state index in [2.05, 4.69) is 18.5 Å². The van der Waals surface area contributed by atoms with Crippen molar-refractivity contribution >= 4 is 17.7 Å². The summed E-state index contributed by atoms with van der Waals surface area (Å²) in [5.41, 5.74) is 0.275. The quantitative estimate of drug-likeness (QED) is 0.682. The summed E-state index contributed by atoms with van der Waals surface area (Å²) in [4.78, 5) is 10.7. The van der Waals surface area contributed by atoms with Gasteiger partial charge in [-0.1, -0.05) is 6.92 Å². The molecule has 19 heavy (non-hydrogen) atoms. The Kier molecular flexibility index (Phi) is 7.36. The number of nitrogens with one attached hydrogen (secondary N) is 1. The summed E-state index contributed by atoms with van der Waals surface area (Å²) in [5, 5.41) is 12.8. The molecule has 1 rings (SSSR count). The number of carbonyl (C=O) groups is 1. The summed E-state index contributed by atoms with van der Waals surface area (Å²) in [6.45, 7) is 4.58. The molecule has 0 saturated carbocycles. The highest BCUT2D eigenvalue weighted by Crippen LogP contribution is 2.12. The molecule has 106 valence electrons. The predicted octanol–water partition coefficient (Wildman–Crippen LogP) is 2.49. The van der Waals surface area contributed by atoms with Gasteiger partial charge in [-0.3, -0.25) is 0 Å². The van der Waals surface area contributed by atoms with Gasteiger partial charge < -0.3 is 15.2 Å². The number of benzene rings is 1. The lowest BCUT2D eigenvalue weighted by Gasteiger charge is -2.10. The van der Waals surface area contributed by atoms with Crippen molar-refractivity contribution in [2.24, 2.45) is 0 Å². The highest BCUT2D eigenvalue weighted by Gasteiger charge is 2.02. The third kappa shape index (κ3) is 6.50. The maximum Gasteiger partial charge on any atom is 0.335 e. The summed E-state index contributed by atoms with van der Waals surface area (Å²) in [5.74, 6) is -0.222. The Morgan fingerprint density at radius 2 is 2.05 bits per heavy atom. The monoisotopic (exact) mass is 283 g/mol. The lowest BCUT2D eigenvalue weighted by molar-refractivity contribution is 0.0697. The highest BCUT2D eigenvalue weighted by molar-refractivity contribution is 7.99. The Labute approximate surface area is 118 Å². The van der Waals surface area contributed by atoms with E-state index < -0.39 is 5.97 Å². The number of aromatic carboxylic acids is 1. The number of hydrogen-bond acceptors (Lipinski definition) is 4. The Hall–Kier alpha value is -1.20. The number of carboxylic acids is 1. The van der Waals surface area contributed by atoms with Crippen LogP contribution in [0.3, 0.4) is 0 Å². The SMILES string of the molecule is CSC(C)CCNCCOc1ccc(C(=O)O)cc1. The zero-order valence-corrected chi connectivity index (χ0v) is 12.2. The zero-order chi connectivity index (χ0) is 14.1. The number of rotatable bonds is 9. The minimum absolute atomic E-state index is 0.275. The van der Waals surface area contributed by atoms with Crippen molar-refractivity contribution in [3.63, 3.8) is 0 Å². The third-order valence-corrected chi connectivity index (χ3v) is 3.82. The van der Waals surface area contributed by atoms with Crippen LogP contribution in [0.15, 0.2) is 24.3 Å². The maximum absolute atomic E-state index is 10.7. The summed E-state index contributed by atoms with van der Waals surface area (Å²) >= 11 is 1.87. The van der Waals surface area contributed by atoms with Crippen LogP contribution in [0.4, 0.5) is 0 Å². The van der Waals surface area contributed by atoms with Crippen LogP contribution in [-0.4, -0.2) is 42.3 Å².